The second kappa shape index (κ2) is 7.66. The summed E-state index contributed by atoms with van der Waals surface area (Å²) in [6.45, 7) is 1.97. The van der Waals surface area contributed by atoms with Crippen molar-refractivity contribution in [2.75, 3.05) is 25.0 Å². The van der Waals surface area contributed by atoms with E-state index in [4.69, 9.17) is 5.73 Å². The maximum absolute atomic E-state index is 11.6. The van der Waals surface area contributed by atoms with Crippen LogP contribution in [0.1, 0.15) is 25.7 Å². The Labute approximate surface area is 110 Å². The first kappa shape index (κ1) is 14.4. The Morgan fingerprint density at radius 2 is 2.35 bits per heavy atom. The molecule has 6 heteroatoms. The van der Waals surface area contributed by atoms with E-state index in [2.05, 4.69) is 21.2 Å². The van der Waals surface area contributed by atoms with Gasteiger partial charge in [-0.1, -0.05) is 15.9 Å². The SMILES string of the molecule is NCC(CCCNC(=O)CBr)N1CCCC1=O. The first-order valence-corrected chi connectivity index (χ1v) is 7.13. The molecule has 0 aromatic carbocycles. The zero-order valence-corrected chi connectivity index (χ0v) is 11.5. The second-order valence-electron chi connectivity index (χ2n) is 4.21. The molecule has 98 valence electrons. The van der Waals surface area contributed by atoms with Gasteiger partial charge >= 0.3 is 0 Å². The van der Waals surface area contributed by atoms with Crippen molar-refractivity contribution >= 4 is 27.7 Å². The summed E-state index contributed by atoms with van der Waals surface area (Å²) >= 11 is 3.09. The van der Waals surface area contributed by atoms with Crippen LogP contribution in [0.15, 0.2) is 0 Å². The number of nitrogens with zero attached hydrogens (tertiary/aromatic N) is 1. The van der Waals surface area contributed by atoms with Crippen LogP contribution in [0.3, 0.4) is 0 Å². The molecule has 1 atom stereocenters. The molecule has 0 bridgehead atoms. The van der Waals surface area contributed by atoms with Gasteiger partial charge in [-0.15, -0.1) is 0 Å². The second-order valence-corrected chi connectivity index (χ2v) is 4.77. The van der Waals surface area contributed by atoms with Gasteiger partial charge in [-0.2, -0.15) is 0 Å². The zero-order chi connectivity index (χ0) is 12.7. The van der Waals surface area contributed by atoms with Crippen molar-refractivity contribution < 1.29 is 9.59 Å². The molecular weight excluding hydrogens is 286 g/mol. The van der Waals surface area contributed by atoms with Gasteiger partial charge in [0.2, 0.25) is 11.8 Å². The molecule has 0 aliphatic carbocycles. The molecule has 1 aliphatic rings. The van der Waals surface area contributed by atoms with Crippen LogP contribution in [0.4, 0.5) is 0 Å². The average molecular weight is 306 g/mol. The summed E-state index contributed by atoms with van der Waals surface area (Å²) in [5.74, 6) is 0.205. The van der Waals surface area contributed by atoms with Gasteiger partial charge in [0.05, 0.1) is 5.33 Å². The minimum Gasteiger partial charge on any atom is -0.355 e. The number of hydrogen-bond donors (Lipinski definition) is 2. The number of carbonyl (C=O) groups excluding carboxylic acids is 2. The molecule has 3 N–H and O–H groups in total. The smallest absolute Gasteiger partial charge is 0.230 e. The number of carbonyl (C=O) groups is 2. The van der Waals surface area contributed by atoms with Gasteiger partial charge in [0, 0.05) is 32.1 Å². The molecule has 1 rings (SSSR count). The van der Waals surface area contributed by atoms with Crippen LogP contribution in [0.2, 0.25) is 0 Å². The fourth-order valence-electron chi connectivity index (χ4n) is 2.07. The van der Waals surface area contributed by atoms with Gasteiger partial charge in [-0.3, -0.25) is 9.59 Å². The molecule has 5 nitrogen and oxygen atoms in total. The molecule has 1 saturated heterocycles. The normalized spacial score (nSPS) is 17.3. The Kier molecular flexibility index (Phi) is 6.50. The van der Waals surface area contributed by atoms with Crippen LogP contribution in [0.25, 0.3) is 0 Å². The van der Waals surface area contributed by atoms with Crippen LogP contribution in [-0.4, -0.2) is 47.7 Å². The zero-order valence-electron chi connectivity index (χ0n) is 9.95. The summed E-state index contributed by atoms with van der Waals surface area (Å²) < 4.78 is 0. The first-order valence-electron chi connectivity index (χ1n) is 6.01. The summed E-state index contributed by atoms with van der Waals surface area (Å²) in [5.41, 5.74) is 5.69. The van der Waals surface area contributed by atoms with Crippen LogP contribution < -0.4 is 11.1 Å². The van der Waals surface area contributed by atoms with Crippen molar-refractivity contribution in [3.05, 3.63) is 0 Å². The van der Waals surface area contributed by atoms with Gasteiger partial charge in [0.1, 0.15) is 0 Å². The summed E-state index contributed by atoms with van der Waals surface area (Å²) in [7, 11) is 0. The Morgan fingerprint density at radius 1 is 1.59 bits per heavy atom. The number of nitrogens with two attached hydrogens (primary N) is 1. The summed E-state index contributed by atoms with van der Waals surface area (Å²) in [6.07, 6.45) is 3.29. The number of hydrogen-bond acceptors (Lipinski definition) is 3. The Balaban J connectivity index is 2.23. The molecule has 1 aliphatic heterocycles. The highest BCUT2D eigenvalue weighted by molar-refractivity contribution is 9.09. The monoisotopic (exact) mass is 305 g/mol. The van der Waals surface area contributed by atoms with E-state index >= 15 is 0 Å². The lowest BCUT2D eigenvalue weighted by Gasteiger charge is -2.26. The molecule has 17 heavy (non-hydrogen) atoms. The lowest BCUT2D eigenvalue weighted by Crippen LogP contribution is -2.41. The molecule has 0 aromatic heterocycles. The highest BCUT2D eigenvalue weighted by Crippen LogP contribution is 2.15. The van der Waals surface area contributed by atoms with E-state index in [1.807, 2.05) is 4.90 Å². The molecule has 1 heterocycles. The van der Waals surface area contributed by atoms with E-state index in [0.29, 0.717) is 24.8 Å². The predicted molar refractivity (Wildman–Crippen MR) is 69.8 cm³/mol. The molecule has 0 aromatic rings. The summed E-state index contributed by atoms with van der Waals surface area (Å²) in [6, 6.07) is 0.130. The number of halogens is 1. The topological polar surface area (TPSA) is 75.4 Å². The van der Waals surface area contributed by atoms with Gasteiger partial charge < -0.3 is 16.0 Å². The number of alkyl halides is 1. The quantitative estimate of drug-likeness (QED) is 0.522. The van der Waals surface area contributed by atoms with E-state index in [0.717, 1.165) is 25.8 Å². The molecule has 2 amide bonds. The molecule has 1 unspecified atom stereocenters. The fraction of sp³-hybridized carbons (Fsp3) is 0.818. The Bertz CT molecular complexity index is 273. The lowest BCUT2D eigenvalue weighted by molar-refractivity contribution is -0.129. The van der Waals surface area contributed by atoms with Gasteiger partial charge in [0.15, 0.2) is 0 Å². The lowest BCUT2D eigenvalue weighted by atomic mass is 10.1. The standard InChI is InChI=1S/C11H20BrN3O2/c12-7-10(16)14-5-1-3-9(8-13)15-6-2-4-11(15)17/h9H,1-8,13H2,(H,14,16). The van der Waals surface area contributed by atoms with E-state index < -0.39 is 0 Å². The third-order valence-electron chi connectivity index (χ3n) is 2.98. The summed E-state index contributed by atoms with van der Waals surface area (Å²) in [5, 5.41) is 3.11. The maximum atomic E-state index is 11.6. The summed E-state index contributed by atoms with van der Waals surface area (Å²) in [4.78, 5) is 24.4. The van der Waals surface area contributed by atoms with Gasteiger partial charge in [0.25, 0.3) is 0 Å². The van der Waals surface area contributed by atoms with Crippen molar-refractivity contribution in [1.82, 2.24) is 10.2 Å². The first-order chi connectivity index (χ1) is 8.19. The average Bonchev–Trinajstić information content (AvgIpc) is 2.75. The number of likely N-dealkylation sites (tertiary alicyclic amines) is 1. The van der Waals surface area contributed by atoms with E-state index in [-0.39, 0.29) is 17.9 Å². The van der Waals surface area contributed by atoms with Crippen molar-refractivity contribution in [1.29, 1.82) is 0 Å². The maximum Gasteiger partial charge on any atom is 0.230 e. The third-order valence-corrected chi connectivity index (χ3v) is 3.49. The Hall–Kier alpha value is -0.620. The van der Waals surface area contributed by atoms with Gasteiger partial charge in [-0.25, -0.2) is 0 Å². The highest BCUT2D eigenvalue weighted by atomic mass is 79.9. The van der Waals surface area contributed by atoms with Crippen molar-refractivity contribution in [3.8, 4) is 0 Å². The largest absolute Gasteiger partial charge is 0.355 e. The number of rotatable bonds is 7. The van der Waals surface area contributed by atoms with E-state index in [9.17, 15) is 9.59 Å². The highest BCUT2D eigenvalue weighted by Gasteiger charge is 2.26. The van der Waals surface area contributed by atoms with Crippen molar-refractivity contribution in [2.24, 2.45) is 5.73 Å². The molecule has 1 fully saturated rings. The van der Waals surface area contributed by atoms with Crippen molar-refractivity contribution in [2.45, 2.75) is 31.7 Å². The number of amides is 2. The predicted octanol–water partition coefficient (Wildman–Crippen LogP) is 0.227. The number of nitrogens with one attached hydrogen (secondary N) is 1. The van der Waals surface area contributed by atoms with Crippen LogP contribution >= 0.6 is 15.9 Å². The molecular formula is C11H20BrN3O2. The van der Waals surface area contributed by atoms with Crippen LogP contribution in [0, 0.1) is 0 Å². The minimum atomic E-state index is -0.00783. The van der Waals surface area contributed by atoms with E-state index in [1.165, 1.54) is 0 Å². The van der Waals surface area contributed by atoms with Crippen molar-refractivity contribution in [3.63, 3.8) is 0 Å². The molecule has 0 radical (unpaired) electrons. The Morgan fingerprint density at radius 3 is 2.88 bits per heavy atom. The fourth-order valence-corrected chi connectivity index (χ4v) is 2.27. The van der Waals surface area contributed by atoms with Crippen LogP contribution in [0.5, 0.6) is 0 Å². The van der Waals surface area contributed by atoms with E-state index in [1.54, 1.807) is 0 Å². The van der Waals surface area contributed by atoms with Crippen LogP contribution in [-0.2, 0) is 9.59 Å². The molecule has 0 saturated carbocycles. The molecule has 0 spiro atoms. The third kappa shape index (κ3) is 4.63. The minimum absolute atomic E-state index is 0.00783. The van der Waals surface area contributed by atoms with Gasteiger partial charge in [-0.05, 0) is 19.3 Å².